The molecular weight excluding hydrogens is 467 g/mol. The molecule has 0 bridgehead atoms. The Morgan fingerprint density at radius 2 is 1.94 bits per heavy atom. The Morgan fingerprint density at radius 3 is 2.48 bits per heavy atom. The van der Waals surface area contributed by atoms with E-state index in [0.717, 1.165) is 17.2 Å². The third kappa shape index (κ3) is 5.21. The monoisotopic (exact) mass is 489 g/mol. The van der Waals surface area contributed by atoms with Gasteiger partial charge in [-0.1, -0.05) is 36.5 Å². The minimum atomic E-state index is -4.68. The topological polar surface area (TPSA) is 63.5 Å². The summed E-state index contributed by atoms with van der Waals surface area (Å²) >= 11 is 10.3. The van der Waals surface area contributed by atoms with Crippen molar-refractivity contribution in [3.05, 3.63) is 64.7 Å². The van der Waals surface area contributed by atoms with E-state index in [-0.39, 0.29) is 10.8 Å². The fourth-order valence-corrected chi connectivity index (χ4v) is 4.04. The van der Waals surface area contributed by atoms with Crippen LogP contribution < -0.4 is 15.5 Å². The predicted molar refractivity (Wildman–Crippen MR) is 132 cm³/mol. The maximum Gasteiger partial charge on any atom is 0.417 e. The van der Waals surface area contributed by atoms with Gasteiger partial charge in [0, 0.05) is 17.6 Å². The van der Waals surface area contributed by atoms with Gasteiger partial charge >= 0.3 is 6.18 Å². The van der Waals surface area contributed by atoms with Crippen LogP contribution in [0.15, 0.2) is 47.5 Å². The zero-order valence-electron chi connectivity index (χ0n) is 18.2. The van der Waals surface area contributed by atoms with E-state index in [1.165, 1.54) is 12.1 Å². The highest BCUT2D eigenvalue weighted by molar-refractivity contribution is 7.80. The number of amidine groups is 1. The molecule has 5 nitrogen and oxygen atoms in total. The van der Waals surface area contributed by atoms with Crippen molar-refractivity contribution in [3.8, 4) is 6.07 Å². The molecule has 2 N–H and O–H groups in total. The molecule has 10 heteroatoms. The van der Waals surface area contributed by atoms with Crippen LogP contribution in [0.2, 0.25) is 0 Å². The first kappa shape index (κ1) is 24.8. The van der Waals surface area contributed by atoms with Gasteiger partial charge in [-0.2, -0.15) is 18.4 Å². The SMILES string of the molecule is CCNC(=S)N=C1N(c2ccc(C#N)c(C(F)(F)F)c2)C(c2ccc(C=S)cc2)NC1(C)C. The average Bonchev–Trinajstić information content (AvgIpc) is 3.03. The number of anilines is 1. The molecule has 0 aromatic heterocycles. The molecule has 1 aliphatic rings. The summed E-state index contributed by atoms with van der Waals surface area (Å²) in [5.41, 5.74) is -0.281. The Labute approximate surface area is 201 Å². The van der Waals surface area contributed by atoms with E-state index < -0.39 is 29.0 Å². The van der Waals surface area contributed by atoms with Crippen molar-refractivity contribution in [3.63, 3.8) is 0 Å². The molecule has 0 amide bonds. The Hall–Kier alpha value is -2.87. The number of nitrogens with one attached hydrogen (secondary N) is 2. The van der Waals surface area contributed by atoms with E-state index in [1.807, 2.05) is 45.0 Å². The molecule has 1 saturated heterocycles. The van der Waals surface area contributed by atoms with Gasteiger partial charge in [0.15, 0.2) is 5.11 Å². The largest absolute Gasteiger partial charge is 0.417 e. The van der Waals surface area contributed by atoms with Crippen molar-refractivity contribution in [1.29, 1.82) is 5.26 Å². The third-order valence-corrected chi connectivity index (χ3v) is 5.68. The normalized spacial score (nSPS) is 18.8. The van der Waals surface area contributed by atoms with Crippen molar-refractivity contribution in [2.45, 2.75) is 38.7 Å². The third-order valence-electron chi connectivity index (χ3n) is 5.17. The van der Waals surface area contributed by atoms with Crippen LogP contribution in [0.5, 0.6) is 0 Å². The number of rotatable bonds is 4. The van der Waals surface area contributed by atoms with Crippen molar-refractivity contribution >= 4 is 46.4 Å². The van der Waals surface area contributed by atoms with Gasteiger partial charge in [0.25, 0.3) is 0 Å². The lowest BCUT2D eigenvalue weighted by atomic mass is 10.0. The summed E-state index contributed by atoms with van der Waals surface area (Å²) in [6, 6.07) is 12.7. The zero-order valence-corrected chi connectivity index (χ0v) is 19.8. The first-order valence-electron chi connectivity index (χ1n) is 10.1. The number of halogens is 3. The van der Waals surface area contributed by atoms with E-state index in [4.69, 9.17) is 24.4 Å². The fraction of sp³-hybridized carbons (Fsp3) is 0.304. The maximum absolute atomic E-state index is 13.7. The van der Waals surface area contributed by atoms with Crippen molar-refractivity contribution in [2.24, 2.45) is 4.99 Å². The van der Waals surface area contributed by atoms with Gasteiger partial charge in [0.1, 0.15) is 12.0 Å². The van der Waals surface area contributed by atoms with Crippen LogP contribution >= 0.6 is 24.4 Å². The van der Waals surface area contributed by atoms with Crippen LogP contribution in [0.4, 0.5) is 18.9 Å². The second-order valence-corrected chi connectivity index (χ2v) is 8.56. The second kappa shape index (κ2) is 9.55. The van der Waals surface area contributed by atoms with E-state index in [0.29, 0.717) is 12.4 Å². The molecular formula is C23H22F3N5S2. The van der Waals surface area contributed by atoms with Crippen LogP contribution in [0, 0.1) is 11.3 Å². The quantitative estimate of drug-likeness (QED) is 0.583. The average molecular weight is 490 g/mol. The van der Waals surface area contributed by atoms with Gasteiger partial charge in [-0.15, -0.1) is 0 Å². The highest BCUT2D eigenvalue weighted by atomic mass is 32.1. The summed E-state index contributed by atoms with van der Waals surface area (Å²) < 4.78 is 41.1. The van der Waals surface area contributed by atoms with Gasteiger partial charge in [-0.3, -0.25) is 5.32 Å². The first-order chi connectivity index (χ1) is 15.5. The predicted octanol–water partition coefficient (Wildman–Crippen LogP) is 5.10. The molecule has 1 unspecified atom stereocenters. The molecule has 0 saturated carbocycles. The van der Waals surface area contributed by atoms with Crippen LogP contribution in [-0.2, 0) is 6.18 Å². The number of benzene rings is 2. The van der Waals surface area contributed by atoms with Gasteiger partial charge in [0.05, 0.1) is 22.7 Å². The lowest BCUT2D eigenvalue weighted by Crippen LogP contribution is -2.42. The number of nitriles is 1. The lowest BCUT2D eigenvalue weighted by Gasteiger charge is -2.28. The fourth-order valence-electron chi connectivity index (χ4n) is 3.65. The second-order valence-electron chi connectivity index (χ2n) is 7.94. The maximum atomic E-state index is 13.7. The van der Waals surface area contributed by atoms with Gasteiger partial charge in [-0.05, 0) is 62.3 Å². The molecule has 2 aromatic rings. The summed E-state index contributed by atoms with van der Waals surface area (Å²) in [6.45, 7) is 6.19. The zero-order chi connectivity index (χ0) is 24.4. The van der Waals surface area contributed by atoms with Crippen molar-refractivity contribution in [2.75, 3.05) is 11.4 Å². The van der Waals surface area contributed by atoms with Crippen LogP contribution in [0.1, 0.15) is 49.2 Å². The minimum absolute atomic E-state index is 0.230. The van der Waals surface area contributed by atoms with Crippen LogP contribution in [0.3, 0.4) is 0 Å². The molecule has 0 aliphatic carbocycles. The molecule has 1 atom stereocenters. The number of hydrogen-bond acceptors (Lipinski definition) is 4. The molecule has 0 spiro atoms. The summed E-state index contributed by atoms with van der Waals surface area (Å²) in [7, 11) is 0. The molecule has 1 aliphatic heterocycles. The Morgan fingerprint density at radius 1 is 1.27 bits per heavy atom. The van der Waals surface area contributed by atoms with Crippen LogP contribution in [0.25, 0.3) is 0 Å². The van der Waals surface area contributed by atoms with Crippen LogP contribution in [-0.4, -0.2) is 28.4 Å². The van der Waals surface area contributed by atoms with E-state index >= 15 is 0 Å². The molecule has 1 heterocycles. The molecule has 3 rings (SSSR count). The smallest absolute Gasteiger partial charge is 0.361 e. The highest BCUT2D eigenvalue weighted by Gasteiger charge is 2.45. The Bertz CT molecular complexity index is 1130. The van der Waals surface area contributed by atoms with Gasteiger partial charge in [0.2, 0.25) is 0 Å². The summed E-state index contributed by atoms with van der Waals surface area (Å²) in [6.07, 6.45) is -5.22. The standard InChI is InChI=1S/C23H22F3N5S2/c1-4-28-21(33)29-20-22(2,3)30-19(15-7-5-14(13-32)6-8-15)31(20)17-10-9-16(12-27)18(11-17)23(24,25)26/h5-11,13,19,30H,4H2,1-3H3,(H,28,33). The molecule has 172 valence electrons. The Balaban J connectivity index is 2.22. The van der Waals surface area contributed by atoms with Gasteiger partial charge in [-0.25, -0.2) is 4.99 Å². The number of hydrogen-bond donors (Lipinski definition) is 2. The van der Waals surface area contributed by atoms with E-state index in [2.05, 4.69) is 15.6 Å². The molecule has 1 fully saturated rings. The number of thiocarbonyl (C=S) groups is 2. The minimum Gasteiger partial charge on any atom is -0.361 e. The summed E-state index contributed by atoms with van der Waals surface area (Å²) in [4.78, 5) is 6.24. The molecule has 33 heavy (non-hydrogen) atoms. The number of nitrogens with zero attached hydrogens (tertiary/aromatic N) is 3. The van der Waals surface area contributed by atoms with E-state index in [9.17, 15) is 18.4 Å². The number of aliphatic imine (C=N–C) groups is 1. The lowest BCUT2D eigenvalue weighted by molar-refractivity contribution is -0.137. The highest BCUT2D eigenvalue weighted by Crippen LogP contribution is 2.40. The number of alkyl halides is 3. The van der Waals surface area contributed by atoms with E-state index in [1.54, 1.807) is 16.3 Å². The first-order valence-corrected chi connectivity index (χ1v) is 11.0. The van der Waals surface area contributed by atoms with Gasteiger partial charge < -0.3 is 10.2 Å². The van der Waals surface area contributed by atoms with Crippen molar-refractivity contribution < 1.29 is 13.2 Å². The van der Waals surface area contributed by atoms with Crippen molar-refractivity contribution in [1.82, 2.24) is 10.6 Å². The molecule has 2 aromatic carbocycles. The molecule has 0 radical (unpaired) electrons. The Kier molecular flexibility index (Phi) is 7.17. The summed E-state index contributed by atoms with van der Waals surface area (Å²) in [5, 5.41) is 17.4. The summed E-state index contributed by atoms with van der Waals surface area (Å²) in [5.74, 6) is 0.454.